The highest BCUT2D eigenvalue weighted by Gasteiger charge is 2.37. The van der Waals surface area contributed by atoms with Gasteiger partial charge in [-0.05, 0) is 50.8 Å². The minimum atomic E-state index is -0.647. The Morgan fingerprint density at radius 3 is 2.94 bits per heavy atom. The number of carbonyl (C=O) groups is 1. The van der Waals surface area contributed by atoms with Gasteiger partial charge in [-0.25, -0.2) is 0 Å². The lowest BCUT2D eigenvalue weighted by Gasteiger charge is -2.22. The van der Waals surface area contributed by atoms with Gasteiger partial charge >= 0.3 is 0 Å². The molecule has 0 aliphatic carbocycles. The molecule has 18 heavy (non-hydrogen) atoms. The van der Waals surface area contributed by atoms with E-state index in [0.29, 0.717) is 13.2 Å². The first-order chi connectivity index (χ1) is 8.51. The first-order valence-electron chi connectivity index (χ1n) is 6.36. The third kappa shape index (κ3) is 2.70. The van der Waals surface area contributed by atoms with Crippen LogP contribution in [0, 0.1) is 13.8 Å². The smallest absolute Gasteiger partial charge is 0.252 e. The van der Waals surface area contributed by atoms with Crippen molar-refractivity contribution in [2.24, 2.45) is 0 Å². The number of aromatic nitrogens is 1. The van der Waals surface area contributed by atoms with E-state index in [0.717, 1.165) is 29.7 Å². The number of carbonyl (C=O) groups excluding carboxylic acids is 1. The van der Waals surface area contributed by atoms with E-state index in [1.165, 1.54) is 0 Å². The van der Waals surface area contributed by atoms with Gasteiger partial charge < -0.3 is 10.1 Å². The van der Waals surface area contributed by atoms with Crippen molar-refractivity contribution in [3.05, 3.63) is 29.1 Å². The standard InChI is InChI=1S/C14H20N2O2/c1-10-7-11(2)15-8-12(10)9-16-13(17)14(3)5-4-6-18-14/h7-8H,4-6,9H2,1-3H3,(H,16,17). The third-order valence-electron chi connectivity index (χ3n) is 3.49. The zero-order valence-electron chi connectivity index (χ0n) is 11.2. The topological polar surface area (TPSA) is 51.2 Å². The zero-order valence-corrected chi connectivity index (χ0v) is 11.2. The summed E-state index contributed by atoms with van der Waals surface area (Å²) in [5, 5.41) is 2.94. The fourth-order valence-corrected chi connectivity index (χ4v) is 2.23. The summed E-state index contributed by atoms with van der Waals surface area (Å²) in [6.45, 7) is 7.04. The summed E-state index contributed by atoms with van der Waals surface area (Å²) in [7, 11) is 0. The second-order valence-electron chi connectivity index (χ2n) is 5.12. The second-order valence-corrected chi connectivity index (χ2v) is 5.12. The second kappa shape index (κ2) is 5.06. The van der Waals surface area contributed by atoms with Crippen LogP contribution in [0.3, 0.4) is 0 Å². The molecule has 0 bridgehead atoms. The van der Waals surface area contributed by atoms with Crippen molar-refractivity contribution >= 4 is 5.91 Å². The lowest BCUT2D eigenvalue weighted by molar-refractivity contribution is -0.139. The van der Waals surface area contributed by atoms with E-state index in [2.05, 4.69) is 10.3 Å². The number of amides is 1. The molecule has 1 fully saturated rings. The quantitative estimate of drug-likeness (QED) is 0.888. The SMILES string of the molecule is Cc1cc(C)c(CNC(=O)C2(C)CCCO2)cn1. The van der Waals surface area contributed by atoms with Gasteiger partial charge in [0.1, 0.15) is 5.60 Å². The Balaban J connectivity index is 1.97. The highest BCUT2D eigenvalue weighted by atomic mass is 16.5. The molecular weight excluding hydrogens is 228 g/mol. The van der Waals surface area contributed by atoms with Crippen molar-refractivity contribution in [2.75, 3.05) is 6.61 Å². The third-order valence-corrected chi connectivity index (χ3v) is 3.49. The Kier molecular flexibility index (Phi) is 3.66. The maximum atomic E-state index is 12.1. The van der Waals surface area contributed by atoms with Crippen LogP contribution in [0.4, 0.5) is 0 Å². The average molecular weight is 248 g/mol. The van der Waals surface area contributed by atoms with Crippen LogP contribution in [-0.2, 0) is 16.1 Å². The molecule has 4 nitrogen and oxygen atoms in total. The molecule has 1 N–H and O–H groups in total. The highest BCUT2D eigenvalue weighted by molar-refractivity contribution is 5.84. The van der Waals surface area contributed by atoms with E-state index >= 15 is 0 Å². The minimum Gasteiger partial charge on any atom is -0.365 e. The van der Waals surface area contributed by atoms with Crippen LogP contribution in [0.15, 0.2) is 12.3 Å². The molecule has 2 rings (SSSR count). The molecule has 1 amide bonds. The Hall–Kier alpha value is -1.42. The van der Waals surface area contributed by atoms with Crippen molar-refractivity contribution in [3.8, 4) is 0 Å². The molecule has 1 aliphatic heterocycles. The molecule has 1 aromatic heterocycles. The summed E-state index contributed by atoms with van der Waals surface area (Å²) in [6.07, 6.45) is 3.57. The average Bonchev–Trinajstić information content (AvgIpc) is 2.76. The zero-order chi connectivity index (χ0) is 13.2. The van der Waals surface area contributed by atoms with Crippen LogP contribution in [0.2, 0.25) is 0 Å². The number of nitrogens with one attached hydrogen (secondary N) is 1. The fourth-order valence-electron chi connectivity index (χ4n) is 2.23. The highest BCUT2D eigenvalue weighted by Crippen LogP contribution is 2.25. The fraction of sp³-hybridized carbons (Fsp3) is 0.571. The van der Waals surface area contributed by atoms with Crippen LogP contribution < -0.4 is 5.32 Å². The number of hydrogen-bond acceptors (Lipinski definition) is 3. The van der Waals surface area contributed by atoms with Crippen molar-refractivity contribution < 1.29 is 9.53 Å². The maximum Gasteiger partial charge on any atom is 0.252 e. The van der Waals surface area contributed by atoms with Crippen LogP contribution in [0.1, 0.15) is 36.6 Å². The molecule has 2 heterocycles. The molecule has 4 heteroatoms. The largest absolute Gasteiger partial charge is 0.365 e. The van der Waals surface area contributed by atoms with Crippen molar-refractivity contribution in [2.45, 2.75) is 45.8 Å². The molecule has 98 valence electrons. The van der Waals surface area contributed by atoms with Crippen molar-refractivity contribution in [1.82, 2.24) is 10.3 Å². The molecule has 0 radical (unpaired) electrons. The summed E-state index contributed by atoms with van der Waals surface area (Å²) in [5.41, 5.74) is 2.55. The molecule has 1 atom stereocenters. The van der Waals surface area contributed by atoms with Crippen LogP contribution >= 0.6 is 0 Å². The predicted octanol–water partition coefficient (Wildman–Crippen LogP) is 1.88. The first kappa shape index (κ1) is 13.0. The summed E-state index contributed by atoms with van der Waals surface area (Å²) in [5.74, 6) is -0.0278. The molecular formula is C14H20N2O2. The van der Waals surface area contributed by atoms with E-state index in [-0.39, 0.29) is 5.91 Å². The summed E-state index contributed by atoms with van der Waals surface area (Å²) < 4.78 is 5.51. The van der Waals surface area contributed by atoms with E-state index in [4.69, 9.17) is 4.74 Å². The molecule has 1 unspecified atom stereocenters. The number of nitrogens with zero attached hydrogens (tertiary/aromatic N) is 1. The molecule has 0 aromatic carbocycles. The monoisotopic (exact) mass is 248 g/mol. The summed E-state index contributed by atoms with van der Waals surface area (Å²) >= 11 is 0. The Bertz CT molecular complexity index is 451. The molecule has 1 aromatic rings. The minimum absolute atomic E-state index is 0.0278. The summed E-state index contributed by atoms with van der Waals surface area (Å²) in [6, 6.07) is 2.02. The lowest BCUT2D eigenvalue weighted by Crippen LogP contribution is -2.43. The molecule has 0 spiro atoms. The van der Waals surface area contributed by atoms with Gasteiger partial charge in [0.25, 0.3) is 5.91 Å². The predicted molar refractivity (Wildman–Crippen MR) is 69.1 cm³/mol. The van der Waals surface area contributed by atoms with Gasteiger partial charge in [-0.3, -0.25) is 9.78 Å². The van der Waals surface area contributed by atoms with Gasteiger partial charge in [0.15, 0.2) is 0 Å². The Morgan fingerprint density at radius 1 is 1.56 bits per heavy atom. The van der Waals surface area contributed by atoms with Crippen LogP contribution in [0.25, 0.3) is 0 Å². The lowest BCUT2D eigenvalue weighted by atomic mass is 10.0. The number of hydrogen-bond donors (Lipinski definition) is 1. The van der Waals surface area contributed by atoms with Crippen molar-refractivity contribution in [3.63, 3.8) is 0 Å². The number of pyridine rings is 1. The van der Waals surface area contributed by atoms with Gasteiger partial charge in [-0.15, -0.1) is 0 Å². The van der Waals surface area contributed by atoms with E-state index < -0.39 is 5.60 Å². The Morgan fingerprint density at radius 2 is 2.33 bits per heavy atom. The maximum absolute atomic E-state index is 12.1. The number of ether oxygens (including phenoxy) is 1. The number of rotatable bonds is 3. The Labute approximate surface area is 108 Å². The van der Waals surface area contributed by atoms with E-state index in [1.54, 1.807) is 0 Å². The van der Waals surface area contributed by atoms with Crippen LogP contribution in [-0.4, -0.2) is 23.1 Å². The normalized spacial score (nSPS) is 23.1. The molecule has 1 aliphatic rings. The van der Waals surface area contributed by atoms with Gasteiger partial charge in [-0.1, -0.05) is 0 Å². The number of aryl methyl sites for hydroxylation is 2. The molecule has 1 saturated heterocycles. The van der Waals surface area contributed by atoms with Crippen LogP contribution in [0.5, 0.6) is 0 Å². The van der Waals surface area contributed by atoms with E-state index in [1.807, 2.05) is 33.0 Å². The molecule has 0 saturated carbocycles. The summed E-state index contributed by atoms with van der Waals surface area (Å²) in [4.78, 5) is 16.3. The van der Waals surface area contributed by atoms with Crippen molar-refractivity contribution in [1.29, 1.82) is 0 Å². The van der Waals surface area contributed by atoms with Gasteiger partial charge in [-0.2, -0.15) is 0 Å². The van der Waals surface area contributed by atoms with Gasteiger partial charge in [0, 0.05) is 25.0 Å². The van der Waals surface area contributed by atoms with Gasteiger partial charge in [0.2, 0.25) is 0 Å². The van der Waals surface area contributed by atoms with E-state index in [9.17, 15) is 4.79 Å². The van der Waals surface area contributed by atoms with Gasteiger partial charge in [0.05, 0.1) is 0 Å². The first-order valence-corrected chi connectivity index (χ1v) is 6.36.